The van der Waals surface area contributed by atoms with Gasteiger partial charge in [-0.05, 0) is 92.9 Å². The van der Waals surface area contributed by atoms with Crippen LogP contribution in [0.1, 0.15) is 65.7 Å². The highest BCUT2D eigenvalue weighted by Crippen LogP contribution is 2.66. The quantitative estimate of drug-likeness (QED) is 0.649. The van der Waals surface area contributed by atoms with Crippen LogP contribution >= 0.6 is 0 Å². The van der Waals surface area contributed by atoms with Crippen molar-refractivity contribution in [2.45, 2.75) is 65.7 Å². The first-order valence-corrected chi connectivity index (χ1v) is 12.6. The van der Waals surface area contributed by atoms with E-state index in [-0.39, 0.29) is 28.6 Å². The number of carbonyl (C=O) groups is 2. The van der Waals surface area contributed by atoms with Crippen molar-refractivity contribution < 1.29 is 14.3 Å². The lowest BCUT2D eigenvalue weighted by atomic mass is 9.48. The molecule has 0 unspecified atom stereocenters. The van der Waals surface area contributed by atoms with Crippen LogP contribution in [-0.4, -0.2) is 30.9 Å². The molecular weight excluding hydrogens is 412 g/mol. The van der Waals surface area contributed by atoms with E-state index in [1.165, 1.54) is 11.3 Å². The van der Waals surface area contributed by atoms with Gasteiger partial charge in [0.25, 0.3) is 0 Å². The van der Waals surface area contributed by atoms with Crippen LogP contribution in [0.25, 0.3) is 0 Å². The molecule has 5 rings (SSSR count). The van der Waals surface area contributed by atoms with Gasteiger partial charge in [0.1, 0.15) is 5.75 Å². The molecule has 5 heteroatoms. The number of methoxy groups -OCH3 is 1. The van der Waals surface area contributed by atoms with E-state index < -0.39 is 0 Å². The molecule has 2 saturated carbocycles. The standard InChI is InChI=1S/C28H38N2O3/c1-17-16-20-21-10-11-23(26(32)29-18-6-8-19(33-5)9-7-18)27(21,2)14-12-22(20)28(3)15-13-24(31)30(4)25(17)28/h6-9,20-23H,10-16H2,1-5H3,(H,29,32)/t20-,21-,22-,23+,27-,28+/m0/s1. The van der Waals surface area contributed by atoms with E-state index in [4.69, 9.17) is 4.74 Å². The molecule has 0 bridgehead atoms. The van der Waals surface area contributed by atoms with Gasteiger partial charge in [-0.1, -0.05) is 19.4 Å². The summed E-state index contributed by atoms with van der Waals surface area (Å²) in [4.78, 5) is 27.9. The molecule has 2 amide bonds. The summed E-state index contributed by atoms with van der Waals surface area (Å²) in [6, 6.07) is 7.62. The van der Waals surface area contributed by atoms with Crippen molar-refractivity contribution in [1.82, 2.24) is 4.90 Å². The van der Waals surface area contributed by atoms with Crippen LogP contribution in [0.3, 0.4) is 0 Å². The van der Waals surface area contributed by atoms with Gasteiger partial charge in [-0.15, -0.1) is 0 Å². The predicted octanol–water partition coefficient (Wildman–Crippen LogP) is 5.63. The van der Waals surface area contributed by atoms with Crippen molar-refractivity contribution >= 4 is 17.5 Å². The molecule has 0 spiro atoms. The number of allylic oxidation sites excluding steroid dienone is 2. The Morgan fingerprint density at radius 2 is 1.82 bits per heavy atom. The largest absolute Gasteiger partial charge is 0.497 e. The number of hydrogen-bond acceptors (Lipinski definition) is 3. The van der Waals surface area contributed by atoms with Crippen molar-refractivity contribution in [3.05, 3.63) is 35.5 Å². The molecule has 1 aromatic rings. The second-order valence-electron chi connectivity index (χ2n) is 11.5. The summed E-state index contributed by atoms with van der Waals surface area (Å²) in [5.41, 5.74) is 3.66. The van der Waals surface area contributed by atoms with Crippen LogP contribution < -0.4 is 10.1 Å². The predicted molar refractivity (Wildman–Crippen MR) is 130 cm³/mol. The molecule has 0 radical (unpaired) electrons. The fraction of sp³-hybridized carbons (Fsp3) is 0.643. The SMILES string of the molecule is COc1ccc(NC(=O)[C@H]2CC[C@H]3[C@@H]4CC(C)=C5N(C)C(=O)CC[C@]5(C)[C@H]4CC[C@]23C)cc1. The molecule has 1 aromatic carbocycles. The van der Waals surface area contributed by atoms with E-state index in [2.05, 4.69) is 26.1 Å². The summed E-state index contributed by atoms with van der Waals surface area (Å²) in [6.07, 6.45) is 7.04. The van der Waals surface area contributed by atoms with Gasteiger partial charge in [0.2, 0.25) is 11.8 Å². The molecule has 6 atom stereocenters. The third-order valence-corrected chi connectivity index (χ3v) is 9.98. The molecule has 0 aromatic heterocycles. The summed E-state index contributed by atoms with van der Waals surface area (Å²) in [7, 11) is 3.62. The molecule has 3 aliphatic carbocycles. The Kier molecular flexibility index (Phi) is 5.37. The normalized spacial score (nSPS) is 37.8. The van der Waals surface area contributed by atoms with Gasteiger partial charge in [0, 0.05) is 36.2 Å². The maximum absolute atomic E-state index is 13.4. The van der Waals surface area contributed by atoms with Gasteiger partial charge < -0.3 is 15.0 Å². The van der Waals surface area contributed by atoms with Crippen LogP contribution in [0.2, 0.25) is 0 Å². The zero-order valence-corrected chi connectivity index (χ0v) is 20.7. The number of likely N-dealkylation sites (tertiary alicyclic amines) is 1. The number of ether oxygens (including phenoxy) is 1. The van der Waals surface area contributed by atoms with Crippen LogP contribution in [0.4, 0.5) is 5.69 Å². The van der Waals surface area contributed by atoms with E-state index in [9.17, 15) is 9.59 Å². The summed E-state index contributed by atoms with van der Waals surface area (Å²) >= 11 is 0. The minimum absolute atomic E-state index is 0.0439. The van der Waals surface area contributed by atoms with Gasteiger partial charge in [0.05, 0.1) is 7.11 Å². The average molecular weight is 451 g/mol. The van der Waals surface area contributed by atoms with Crippen molar-refractivity contribution in [3.63, 3.8) is 0 Å². The van der Waals surface area contributed by atoms with E-state index in [0.717, 1.165) is 50.0 Å². The number of carbonyl (C=O) groups excluding carboxylic acids is 2. The highest BCUT2D eigenvalue weighted by molar-refractivity contribution is 5.93. The first-order chi connectivity index (χ1) is 15.7. The summed E-state index contributed by atoms with van der Waals surface area (Å²) in [6.45, 7) is 7.04. The summed E-state index contributed by atoms with van der Waals surface area (Å²) in [5.74, 6) is 3.06. The molecule has 33 heavy (non-hydrogen) atoms. The Labute approximate surface area is 197 Å². The highest BCUT2D eigenvalue weighted by Gasteiger charge is 2.61. The van der Waals surface area contributed by atoms with Crippen molar-refractivity contribution in [3.8, 4) is 5.75 Å². The lowest BCUT2D eigenvalue weighted by Gasteiger charge is -2.59. The second-order valence-corrected chi connectivity index (χ2v) is 11.5. The molecule has 178 valence electrons. The first-order valence-electron chi connectivity index (χ1n) is 12.6. The number of rotatable bonds is 3. The summed E-state index contributed by atoms with van der Waals surface area (Å²) in [5, 5.41) is 3.19. The fourth-order valence-electron chi connectivity index (χ4n) is 8.44. The zero-order valence-electron chi connectivity index (χ0n) is 20.7. The topological polar surface area (TPSA) is 58.6 Å². The lowest BCUT2D eigenvalue weighted by molar-refractivity contribution is -0.137. The molecule has 1 N–H and O–H groups in total. The monoisotopic (exact) mass is 450 g/mol. The number of hydrogen-bond donors (Lipinski definition) is 1. The van der Waals surface area contributed by atoms with Crippen LogP contribution in [-0.2, 0) is 9.59 Å². The molecule has 1 aliphatic heterocycles. The van der Waals surface area contributed by atoms with Gasteiger partial charge in [-0.2, -0.15) is 0 Å². The number of nitrogens with zero attached hydrogens (tertiary/aromatic N) is 1. The lowest BCUT2D eigenvalue weighted by Crippen LogP contribution is -2.54. The highest BCUT2D eigenvalue weighted by atomic mass is 16.5. The van der Waals surface area contributed by atoms with Crippen LogP contribution in [0.5, 0.6) is 5.75 Å². The Balaban J connectivity index is 1.39. The third kappa shape index (κ3) is 3.33. The molecule has 5 nitrogen and oxygen atoms in total. The Morgan fingerprint density at radius 3 is 2.52 bits per heavy atom. The van der Waals surface area contributed by atoms with Crippen molar-refractivity contribution in [2.75, 3.05) is 19.5 Å². The van der Waals surface area contributed by atoms with Gasteiger partial charge in [-0.25, -0.2) is 0 Å². The number of amides is 2. The molecule has 1 saturated heterocycles. The minimum Gasteiger partial charge on any atom is -0.497 e. The molecule has 3 fully saturated rings. The number of nitrogens with one attached hydrogen (secondary N) is 1. The smallest absolute Gasteiger partial charge is 0.228 e. The number of fused-ring (bicyclic) bond motifs is 5. The Morgan fingerprint density at radius 1 is 1.09 bits per heavy atom. The number of piperidine rings is 1. The average Bonchev–Trinajstić information content (AvgIpc) is 3.14. The molecular formula is C28H38N2O3. The second kappa shape index (κ2) is 7.89. The third-order valence-electron chi connectivity index (χ3n) is 9.98. The Bertz CT molecular complexity index is 999. The fourth-order valence-corrected chi connectivity index (χ4v) is 8.44. The molecule has 4 aliphatic rings. The maximum Gasteiger partial charge on any atom is 0.228 e. The first kappa shape index (κ1) is 22.5. The zero-order chi connectivity index (χ0) is 23.5. The van der Waals surface area contributed by atoms with E-state index in [1.54, 1.807) is 7.11 Å². The van der Waals surface area contributed by atoms with Gasteiger partial charge >= 0.3 is 0 Å². The van der Waals surface area contributed by atoms with Crippen LogP contribution in [0.15, 0.2) is 35.5 Å². The van der Waals surface area contributed by atoms with E-state index >= 15 is 0 Å². The van der Waals surface area contributed by atoms with Crippen molar-refractivity contribution in [1.29, 1.82) is 0 Å². The Hall–Kier alpha value is -2.30. The van der Waals surface area contributed by atoms with Crippen LogP contribution in [0, 0.1) is 34.5 Å². The maximum atomic E-state index is 13.4. The van der Waals surface area contributed by atoms with Gasteiger partial charge in [0.15, 0.2) is 0 Å². The number of benzene rings is 1. The van der Waals surface area contributed by atoms with E-state index in [0.29, 0.717) is 24.2 Å². The molecule has 1 heterocycles. The minimum atomic E-state index is 0.0439. The number of anilines is 1. The van der Waals surface area contributed by atoms with E-state index in [1.807, 2.05) is 36.2 Å². The van der Waals surface area contributed by atoms with Crippen molar-refractivity contribution in [2.24, 2.45) is 34.5 Å². The van der Waals surface area contributed by atoms with Gasteiger partial charge in [-0.3, -0.25) is 9.59 Å². The summed E-state index contributed by atoms with van der Waals surface area (Å²) < 4.78 is 5.24.